The van der Waals surface area contributed by atoms with E-state index in [2.05, 4.69) is 24.5 Å². The Balaban J connectivity index is 1.79. The van der Waals surface area contributed by atoms with E-state index in [1.54, 1.807) is 0 Å². The van der Waals surface area contributed by atoms with Crippen molar-refractivity contribution in [3.63, 3.8) is 0 Å². The first-order valence-electron chi connectivity index (χ1n) is 6.23. The molecule has 1 aliphatic rings. The van der Waals surface area contributed by atoms with Gasteiger partial charge in [0.1, 0.15) is 0 Å². The smallest absolute Gasteiger partial charge is 0.00103 e. The summed E-state index contributed by atoms with van der Waals surface area (Å²) in [7, 11) is 0. The third-order valence-corrected chi connectivity index (χ3v) is 2.99. The van der Waals surface area contributed by atoms with Crippen LogP contribution in [0.15, 0.2) is 0 Å². The van der Waals surface area contributed by atoms with E-state index in [4.69, 9.17) is 0 Å². The highest BCUT2D eigenvalue weighted by molar-refractivity contribution is 4.69. The van der Waals surface area contributed by atoms with Gasteiger partial charge in [0.05, 0.1) is 0 Å². The van der Waals surface area contributed by atoms with Gasteiger partial charge in [-0.25, -0.2) is 0 Å². The Bertz CT molecular complexity index is 128. The molecule has 0 spiro atoms. The van der Waals surface area contributed by atoms with Gasteiger partial charge in [0.15, 0.2) is 0 Å². The molecular weight excluding hydrogens is 172 g/mol. The minimum Gasteiger partial charge on any atom is -0.316 e. The Hall–Kier alpha value is -0.0800. The summed E-state index contributed by atoms with van der Waals surface area (Å²) in [6.45, 7) is 7.98. The predicted octanol–water partition coefficient (Wildman–Crippen LogP) is 2.15. The summed E-state index contributed by atoms with van der Waals surface area (Å²) in [4.78, 5) is 0. The molecule has 0 aromatic heterocycles. The van der Waals surface area contributed by atoms with E-state index < -0.39 is 0 Å². The highest BCUT2D eigenvalue weighted by Crippen LogP contribution is 2.23. The molecule has 0 heterocycles. The topological polar surface area (TPSA) is 24.1 Å². The molecule has 2 nitrogen and oxygen atoms in total. The lowest BCUT2D eigenvalue weighted by Crippen LogP contribution is -2.28. The molecule has 0 radical (unpaired) electrons. The van der Waals surface area contributed by atoms with Crippen molar-refractivity contribution < 1.29 is 0 Å². The molecule has 0 aromatic rings. The SMILES string of the molecule is CC(C)NCCCNCC1CCCC1. The van der Waals surface area contributed by atoms with E-state index in [1.807, 2.05) is 0 Å². The molecule has 1 saturated carbocycles. The third kappa shape index (κ3) is 5.61. The molecule has 0 bridgehead atoms. The van der Waals surface area contributed by atoms with Gasteiger partial charge < -0.3 is 10.6 Å². The molecule has 1 rings (SSSR count). The molecular formula is C12H26N2. The maximum absolute atomic E-state index is 3.56. The van der Waals surface area contributed by atoms with E-state index in [-0.39, 0.29) is 0 Å². The predicted molar refractivity (Wildman–Crippen MR) is 62.6 cm³/mol. The second-order valence-corrected chi connectivity index (χ2v) is 4.82. The zero-order valence-corrected chi connectivity index (χ0v) is 9.81. The second kappa shape index (κ2) is 7.24. The first-order valence-corrected chi connectivity index (χ1v) is 6.23. The van der Waals surface area contributed by atoms with Crippen LogP contribution in [0, 0.1) is 5.92 Å². The molecule has 1 fully saturated rings. The van der Waals surface area contributed by atoms with E-state index in [9.17, 15) is 0 Å². The van der Waals surface area contributed by atoms with Gasteiger partial charge in [0, 0.05) is 6.04 Å². The van der Waals surface area contributed by atoms with Gasteiger partial charge in [-0.15, -0.1) is 0 Å². The monoisotopic (exact) mass is 198 g/mol. The Morgan fingerprint density at radius 1 is 1.14 bits per heavy atom. The molecule has 0 amide bonds. The van der Waals surface area contributed by atoms with Crippen molar-refractivity contribution in [2.24, 2.45) is 5.92 Å². The number of hydrogen-bond acceptors (Lipinski definition) is 2. The molecule has 2 heteroatoms. The average molecular weight is 198 g/mol. The Morgan fingerprint density at radius 2 is 1.86 bits per heavy atom. The Morgan fingerprint density at radius 3 is 2.50 bits per heavy atom. The lowest BCUT2D eigenvalue weighted by atomic mass is 10.1. The summed E-state index contributed by atoms with van der Waals surface area (Å²) < 4.78 is 0. The van der Waals surface area contributed by atoms with Gasteiger partial charge in [-0.1, -0.05) is 26.7 Å². The van der Waals surface area contributed by atoms with Crippen molar-refractivity contribution in [2.75, 3.05) is 19.6 Å². The van der Waals surface area contributed by atoms with Gasteiger partial charge in [-0.3, -0.25) is 0 Å². The van der Waals surface area contributed by atoms with Crippen molar-refractivity contribution in [2.45, 2.75) is 52.0 Å². The summed E-state index contributed by atoms with van der Waals surface area (Å²) in [6, 6.07) is 0.629. The largest absolute Gasteiger partial charge is 0.316 e. The van der Waals surface area contributed by atoms with E-state index >= 15 is 0 Å². The van der Waals surface area contributed by atoms with Gasteiger partial charge in [-0.2, -0.15) is 0 Å². The average Bonchev–Trinajstić information content (AvgIpc) is 2.63. The molecule has 0 atom stereocenters. The molecule has 0 saturated heterocycles. The van der Waals surface area contributed by atoms with Crippen LogP contribution in [0.25, 0.3) is 0 Å². The van der Waals surface area contributed by atoms with Gasteiger partial charge in [0.2, 0.25) is 0 Å². The Kier molecular flexibility index (Phi) is 6.20. The molecule has 1 aliphatic carbocycles. The van der Waals surface area contributed by atoms with Crippen molar-refractivity contribution >= 4 is 0 Å². The number of rotatable bonds is 7. The summed E-state index contributed by atoms with van der Waals surface area (Å²) in [5, 5.41) is 6.99. The molecule has 2 N–H and O–H groups in total. The number of nitrogens with one attached hydrogen (secondary N) is 2. The van der Waals surface area contributed by atoms with Crippen LogP contribution in [0.5, 0.6) is 0 Å². The van der Waals surface area contributed by atoms with Crippen molar-refractivity contribution in [1.82, 2.24) is 10.6 Å². The standard InChI is InChI=1S/C12H26N2/c1-11(2)14-9-5-8-13-10-12-6-3-4-7-12/h11-14H,3-10H2,1-2H3. The van der Waals surface area contributed by atoms with Crippen molar-refractivity contribution in [3.8, 4) is 0 Å². The molecule has 14 heavy (non-hydrogen) atoms. The normalized spacial score (nSPS) is 18.2. The van der Waals surface area contributed by atoms with E-state index in [1.165, 1.54) is 45.2 Å². The van der Waals surface area contributed by atoms with Crippen LogP contribution in [0.1, 0.15) is 46.0 Å². The lowest BCUT2D eigenvalue weighted by Gasteiger charge is -2.11. The lowest BCUT2D eigenvalue weighted by molar-refractivity contribution is 0.475. The first kappa shape index (κ1) is 12.0. The minimum atomic E-state index is 0.629. The molecule has 0 aromatic carbocycles. The summed E-state index contributed by atoms with van der Waals surface area (Å²) in [6.07, 6.45) is 7.09. The summed E-state index contributed by atoms with van der Waals surface area (Å²) in [5.74, 6) is 0.980. The zero-order chi connectivity index (χ0) is 10.2. The van der Waals surface area contributed by atoms with Crippen LogP contribution in [0.3, 0.4) is 0 Å². The maximum Gasteiger partial charge on any atom is 0.00103 e. The van der Waals surface area contributed by atoms with Crippen LogP contribution in [-0.2, 0) is 0 Å². The van der Waals surface area contributed by atoms with Crippen LogP contribution in [-0.4, -0.2) is 25.7 Å². The summed E-state index contributed by atoms with van der Waals surface area (Å²) in [5.41, 5.74) is 0. The summed E-state index contributed by atoms with van der Waals surface area (Å²) >= 11 is 0. The molecule has 0 aliphatic heterocycles. The molecule has 0 unspecified atom stereocenters. The van der Waals surface area contributed by atoms with Crippen LogP contribution in [0.2, 0.25) is 0 Å². The van der Waals surface area contributed by atoms with Crippen molar-refractivity contribution in [3.05, 3.63) is 0 Å². The zero-order valence-electron chi connectivity index (χ0n) is 9.81. The van der Waals surface area contributed by atoms with Crippen molar-refractivity contribution in [1.29, 1.82) is 0 Å². The van der Waals surface area contributed by atoms with E-state index in [0.29, 0.717) is 6.04 Å². The Labute approximate surface area is 88.8 Å². The fraction of sp³-hybridized carbons (Fsp3) is 1.00. The van der Waals surface area contributed by atoms with Crippen LogP contribution < -0.4 is 10.6 Å². The minimum absolute atomic E-state index is 0.629. The third-order valence-electron chi connectivity index (χ3n) is 2.99. The second-order valence-electron chi connectivity index (χ2n) is 4.82. The fourth-order valence-electron chi connectivity index (χ4n) is 2.12. The quantitative estimate of drug-likeness (QED) is 0.613. The van der Waals surface area contributed by atoms with Gasteiger partial charge in [0.25, 0.3) is 0 Å². The molecule has 84 valence electrons. The van der Waals surface area contributed by atoms with E-state index in [0.717, 1.165) is 12.5 Å². The first-order chi connectivity index (χ1) is 6.79. The highest BCUT2D eigenvalue weighted by atomic mass is 14.9. The van der Waals surface area contributed by atoms with Gasteiger partial charge in [-0.05, 0) is 44.8 Å². The van der Waals surface area contributed by atoms with Crippen LogP contribution >= 0.6 is 0 Å². The number of hydrogen-bond donors (Lipinski definition) is 2. The van der Waals surface area contributed by atoms with Gasteiger partial charge >= 0.3 is 0 Å². The maximum atomic E-state index is 3.56. The fourth-order valence-corrected chi connectivity index (χ4v) is 2.12. The van der Waals surface area contributed by atoms with Crippen LogP contribution in [0.4, 0.5) is 0 Å². The highest BCUT2D eigenvalue weighted by Gasteiger charge is 2.13.